The first-order valence-corrected chi connectivity index (χ1v) is 5.14. The van der Waals surface area contributed by atoms with Gasteiger partial charge in [0.25, 0.3) is 5.69 Å². The number of likely N-dealkylation sites (N-methyl/N-ethyl adjacent to an activating group) is 1. The molecule has 0 unspecified atom stereocenters. The van der Waals surface area contributed by atoms with Crippen LogP contribution in [0.1, 0.15) is 0 Å². The second-order valence-electron chi connectivity index (χ2n) is 3.93. The molecule has 1 aromatic carbocycles. The van der Waals surface area contributed by atoms with Gasteiger partial charge in [-0.25, -0.2) is 0 Å². The van der Waals surface area contributed by atoms with Crippen molar-refractivity contribution in [3.8, 4) is 0 Å². The summed E-state index contributed by atoms with van der Waals surface area (Å²) in [6, 6.07) is 5.97. The molecule has 0 amide bonds. The number of non-ortho nitro benzene ring substituents is 1. The van der Waals surface area contributed by atoms with Crippen LogP contribution in [0.5, 0.6) is 0 Å². The Bertz CT molecular complexity index is 401. The Morgan fingerprint density at radius 3 is 2.41 bits per heavy atom. The molecule has 0 aliphatic heterocycles. The van der Waals surface area contributed by atoms with Gasteiger partial charge in [0, 0.05) is 17.8 Å². The fraction of sp³-hybridized carbons (Fsp3) is 0.364. The third-order valence-corrected chi connectivity index (χ3v) is 2.06. The third-order valence-electron chi connectivity index (χ3n) is 2.06. The third kappa shape index (κ3) is 4.60. The smallest absolute Gasteiger partial charge is 0.269 e. The molecule has 1 N–H and O–H groups in total. The van der Waals surface area contributed by atoms with Gasteiger partial charge in [0.1, 0.15) is 0 Å². The Hall–Kier alpha value is -1.95. The number of nitrogens with one attached hydrogen (secondary N) is 1. The van der Waals surface area contributed by atoms with Crippen LogP contribution in [0.2, 0.25) is 0 Å². The van der Waals surface area contributed by atoms with Gasteiger partial charge in [-0.3, -0.25) is 14.9 Å². The molecule has 0 aromatic heterocycles. The van der Waals surface area contributed by atoms with E-state index in [2.05, 4.69) is 5.32 Å². The van der Waals surface area contributed by atoms with Crippen molar-refractivity contribution in [1.82, 2.24) is 4.90 Å². The molecule has 0 atom stereocenters. The minimum absolute atomic E-state index is 0.0372. The van der Waals surface area contributed by atoms with Gasteiger partial charge in [-0.15, -0.1) is 0 Å². The molecule has 0 fully saturated rings. The van der Waals surface area contributed by atoms with Crippen molar-refractivity contribution in [2.24, 2.45) is 0 Å². The maximum Gasteiger partial charge on any atom is 0.269 e. The second kappa shape index (κ2) is 5.95. The van der Waals surface area contributed by atoms with Crippen molar-refractivity contribution in [1.29, 1.82) is 0 Å². The molecule has 1 aromatic rings. The Kier molecular flexibility index (Phi) is 4.59. The van der Waals surface area contributed by atoms with Crippen LogP contribution in [0.4, 0.5) is 11.4 Å². The first-order valence-electron chi connectivity index (χ1n) is 5.14. The van der Waals surface area contributed by atoms with E-state index in [4.69, 9.17) is 0 Å². The minimum atomic E-state index is -0.457. The molecule has 0 aliphatic rings. The van der Waals surface area contributed by atoms with Gasteiger partial charge in [-0.05, 0) is 26.2 Å². The fourth-order valence-corrected chi connectivity index (χ4v) is 1.31. The van der Waals surface area contributed by atoms with Crippen molar-refractivity contribution in [3.63, 3.8) is 0 Å². The molecule has 6 nitrogen and oxygen atoms in total. The lowest BCUT2D eigenvalue weighted by molar-refractivity contribution is -0.384. The summed E-state index contributed by atoms with van der Waals surface area (Å²) in [6.07, 6.45) is 0. The topological polar surface area (TPSA) is 75.5 Å². The van der Waals surface area contributed by atoms with Gasteiger partial charge in [0.2, 0.25) is 0 Å². The summed E-state index contributed by atoms with van der Waals surface area (Å²) in [5.74, 6) is 0.0633. The largest absolute Gasteiger partial charge is 0.378 e. The van der Waals surface area contributed by atoms with Crippen LogP contribution in [0.3, 0.4) is 0 Å². The highest BCUT2D eigenvalue weighted by atomic mass is 16.6. The molecule has 0 saturated carbocycles. The molecule has 0 saturated heterocycles. The molecule has 6 heteroatoms. The maximum absolute atomic E-state index is 11.4. The standard InChI is InChI=1S/C11H15N3O3/c1-13(2)8-11(15)7-12-9-3-5-10(6-4-9)14(16)17/h3-6,12H,7-8H2,1-2H3. The Morgan fingerprint density at radius 2 is 1.94 bits per heavy atom. The van der Waals surface area contributed by atoms with Crippen LogP contribution in [0, 0.1) is 10.1 Å². The van der Waals surface area contributed by atoms with E-state index < -0.39 is 4.92 Å². The van der Waals surface area contributed by atoms with Crippen molar-refractivity contribution in [3.05, 3.63) is 34.4 Å². The van der Waals surface area contributed by atoms with E-state index in [9.17, 15) is 14.9 Å². The number of rotatable bonds is 6. The zero-order chi connectivity index (χ0) is 12.8. The average molecular weight is 237 g/mol. The van der Waals surface area contributed by atoms with E-state index >= 15 is 0 Å². The number of nitrogens with zero attached hydrogens (tertiary/aromatic N) is 2. The lowest BCUT2D eigenvalue weighted by Crippen LogP contribution is -2.26. The van der Waals surface area contributed by atoms with E-state index in [1.165, 1.54) is 12.1 Å². The van der Waals surface area contributed by atoms with Crippen LogP contribution in [-0.4, -0.2) is 42.8 Å². The highest BCUT2D eigenvalue weighted by molar-refractivity contribution is 5.84. The van der Waals surface area contributed by atoms with Crippen LogP contribution >= 0.6 is 0 Å². The lowest BCUT2D eigenvalue weighted by atomic mass is 10.2. The first kappa shape index (κ1) is 13.1. The summed E-state index contributed by atoms with van der Waals surface area (Å²) in [7, 11) is 3.65. The van der Waals surface area contributed by atoms with Crippen LogP contribution in [-0.2, 0) is 4.79 Å². The number of carbonyl (C=O) groups is 1. The van der Waals surface area contributed by atoms with E-state index in [0.717, 1.165) is 0 Å². The van der Waals surface area contributed by atoms with Crippen LogP contribution in [0.15, 0.2) is 24.3 Å². The van der Waals surface area contributed by atoms with Gasteiger partial charge in [0.15, 0.2) is 5.78 Å². The van der Waals surface area contributed by atoms with E-state index in [1.54, 1.807) is 17.0 Å². The first-order chi connectivity index (χ1) is 7.99. The summed E-state index contributed by atoms with van der Waals surface area (Å²) in [6.45, 7) is 0.593. The number of Topliss-reactive ketones (excluding diaryl/α,β-unsaturated/α-hetero) is 1. The highest BCUT2D eigenvalue weighted by Crippen LogP contribution is 2.14. The summed E-state index contributed by atoms with van der Waals surface area (Å²) in [5.41, 5.74) is 0.734. The van der Waals surface area contributed by atoms with Gasteiger partial charge in [-0.2, -0.15) is 0 Å². The van der Waals surface area contributed by atoms with Crippen molar-refractivity contribution in [2.75, 3.05) is 32.5 Å². The molecule has 0 spiro atoms. The number of hydrogen-bond donors (Lipinski definition) is 1. The summed E-state index contributed by atoms with van der Waals surface area (Å²) >= 11 is 0. The zero-order valence-electron chi connectivity index (χ0n) is 9.84. The Morgan fingerprint density at radius 1 is 1.35 bits per heavy atom. The van der Waals surface area contributed by atoms with Crippen LogP contribution in [0.25, 0.3) is 0 Å². The van der Waals surface area contributed by atoms with Gasteiger partial charge in [-0.1, -0.05) is 0 Å². The normalized spacial score (nSPS) is 10.3. The summed E-state index contributed by atoms with van der Waals surface area (Å²) in [4.78, 5) is 23.1. The van der Waals surface area contributed by atoms with E-state index in [-0.39, 0.29) is 18.0 Å². The average Bonchev–Trinajstić information content (AvgIpc) is 2.26. The summed E-state index contributed by atoms with van der Waals surface area (Å²) in [5, 5.41) is 13.3. The lowest BCUT2D eigenvalue weighted by Gasteiger charge is -2.09. The fourth-order valence-electron chi connectivity index (χ4n) is 1.31. The molecule has 17 heavy (non-hydrogen) atoms. The second-order valence-corrected chi connectivity index (χ2v) is 3.93. The minimum Gasteiger partial charge on any atom is -0.378 e. The van der Waals surface area contributed by atoms with E-state index in [1.807, 2.05) is 14.1 Å². The molecule has 0 bridgehead atoms. The van der Waals surface area contributed by atoms with Crippen molar-refractivity contribution >= 4 is 17.2 Å². The number of hydrogen-bond acceptors (Lipinski definition) is 5. The van der Waals surface area contributed by atoms with Gasteiger partial charge in [0.05, 0.1) is 18.0 Å². The molecule has 92 valence electrons. The summed E-state index contributed by atoms with van der Waals surface area (Å²) < 4.78 is 0. The number of anilines is 1. The van der Waals surface area contributed by atoms with Crippen LogP contribution < -0.4 is 5.32 Å². The van der Waals surface area contributed by atoms with Crippen molar-refractivity contribution in [2.45, 2.75) is 0 Å². The molecule has 0 radical (unpaired) electrons. The Balaban J connectivity index is 2.47. The van der Waals surface area contributed by atoms with Crippen molar-refractivity contribution < 1.29 is 9.72 Å². The molecule has 0 aliphatic carbocycles. The van der Waals surface area contributed by atoms with Gasteiger partial charge >= 0.3 is 0 Å². The number of carbonyl (C=O) groups excluding carboxylic acids is 1. The SMILES string of the molecule is CN(C)CC(=O)CNc1ccc([N+](=O)[O-])cc1. The predicted octanol–water partition coefficient (Wildman–Crippen LogP) is 1.14. The molecular formula is C11H15N3O3. The Labute approximate surface area is 99.4 Å². The highest BCUT2D eigenvalue weighted by Gasteiger charge is 2.05. The van der Waals surface area contributed by atoms with E-state index in [0.29, 0.717) is 12.2 Å². The molecule has 0 heterocycles. The molecule has 1 rings (SSSR count). The number of benzene rings is 1. The zero-order valence-corrected chi connectivity index (χ0v) is 9.84. The number of nitro groups is 1. The monoisotopic (exact) mass is 237 g/mol. The maximum atomic E-state index is 11.4. The number of nitro benzene ring substituents is 1. The van der Waals surface area contributed by atoms with Gasteiger partial charge < -0.3 is 10.2 Å². The number of ketones is 1. The molecular weight excluding hydrogens is 222 g/mol. The predicted molar refractivity (Wildman–Crippen MR) is 65.1 cm³/mol. The quantitative estimate of drug-likeness (QED) is 0.593.